The van der Waals surface area contributed by atoms with Crippen LogP contribution < -0.4 is 5.32 Å². The summed E-state index contributed by atoms with van der Waals surface area (Å²) in [5.74, 6) is -0.566. The quantitative estimate of drug-likeness (QED) is 0.439. The van der Waals surface area contributed by atoms with Crippen molar-refractivity contribution >= 4 is 16.9 Å². The molecule has 2 N–H and O–H groups in total. The molecule has 0 aliphatic heterocycles. The molecule has 0 fully saturated rings. The second-order valence-electron chi connectivity index (χ2n) is 7.57. The Bertz CT molecular complexity index is 1230. The monoisotopic (exact) mass is 442 g/mol. The number of imidazole rings is 1. The van der Waals surface area contributed by atoms with E-state index < -0.39 is 18.0 Å². The van der Waals surface area contributed by atoms with E-state index in [1.165, 1.54) is 6.07 Å². The van der Waals surface area contributed by atoms with Gasteiger partial charge in [-0.05, 0) is 43.5 Å². The van der Waals surface area contributed by atoms with E-state index >= 15 is 0 Å². The van der Waals surface area contributed by atoms with E-state index in [0.29, 0.717) is 17.7 Å². The van der Waals surface area contributed by atoms with Gasteiger partial charge in [-0.15, -0.1) is 0 Å². The summed E-state index contributed by atoms with van der Waals surface area (Å²) in [6, 6.07) is 13.5. The topological polar surface area (TPSA) is 83.8 Å². The fourth-order valence-electron chi connectivity index (χ4n) is 3.68. The molecule has 0 aliphatic rings. The fourth-order valence-corrected chi connectivity index (χ4v) is 3.68. The van der Waals surface area contributed by atoms with E-state index in [1.807, 2.05) is 37.3 Å². The Balaban J connectivity index is 1.60. The fraction of sp³-hybridized carbons (Fsp3) is 0.261. The number of hydrogen-bond donors (Lipinski definition) is 2. The van der Waals surface area contributed by atoms with Crippen molar-refractivity contribution in [3.63, 3.8) is 0 Å². The predicted molar refractivity (Wildman–Crippen MR) is 112 cm³/mol. The number of nitrogens with one attached hydrogen (secondary N) is 2. The SMILES string of the molecule is Cc1noc(C)c1CCC(=O)N[C@H](c1ccccc1)c1ccc2nc(C(F)(F)F)[nH]c2c1. The molecule has 0 radical (unpaired) electrons. The summed E-state index contributed by atoms with van der Waals surface area (Å²) in [5, 5.41) is 6.91. The highest BCUT2D eigenvalue weighted by Gasteiger charge is 2.34. The van der Waals surface area contributed by atoms with E-state index in [9.17, 15) is 18.0 Å². The van der Waals surface area contributed by atoms with Crippen LogP contribution in [0, 0.1) is 13.8 Å². The van der Waals surface area contributed by atoms with Crippen LogP contribution >= 0.6 is 0 Å². The Labute approximate surface area is 181 Å². The van der Waals surface area contributed by atoms with Crippen molar-refractivity contribution in [1.82, 2.24) is 20.4 Å². The Morgan fingerprint density at radius 2 is 1.88 bits per heavy atom. The number of carbonyl (C=O) groups excluding carboxylic acids is 1. The molecule has 2 heterocycles. The molecule has 9 heteroatoms. The first-order chi connectivity index (χ1) is 15.2. The molecule has 1 amide bonds. The number of rotatable bonds is 6. The lowest BCUT2D eigenvalue weighted by Gasteiger charge is -2.20. The zero-order valence-electron chi connectivity index (χ0n) is 17.5. The minimum absolute atomic E-state index is 0.195. The number of hydrogen-bond acceptors (Lipinski definition) is 4. The lowest BCUT2D eigenvalue weighted by Crippen LogP contribution is -2.29. The van der Waals surface area contributed by atoms with Crippen molar-refractivity contribution in [2.24, 2.45) is 0 Å². The van der Waals surface area contributed by atoms with Crippen LogP contribution in [0.15, 0.2) is 53.1 Å². The first-order valence-corrected chi connectivity index (χ1v) is 10.1. The van der Waals surface area contributed by atoms with Gasteiger partial charge in [0, 0.05) is 12.0 Å². The molecule has 0 unspecified atom stereocenters. The molecular formula is C23H21F3N4O2. The molecule has 0 bridgehead atoms. The van der Waals surface area contributed by atoms with Crippen molar-refractivity contribution in [3.05, 3.63) is 82.5 Å². The summed E-state index contributed by atoms with van der Waals surface area (Å²) in [4.78, 5) is 18.7. The highest BCUT2D eigenvalue weighted by atomic mass is 19.4. The molecule has 0 saturated carbocycles. The van der Waals surface area contributed by atoms with Crippen LogP contribution in [0.5, 0.6) is 0 Å². The van der Waals surface area contributed by atoms with Gasteiger partial charge < -0.3 is 14.8 Å². The van der Waals surface area contributed by atoms with Crippen LogP contribution in [0.4, 0.5) is 13.2 Å². The number of fused-ring (bicyclic) bond motifs is 1. The first-order valence-electron chi connectivity index (χ1n) is 10.1. The van der Waals surface area contributed by atoms with E-state index in [-0.39, 0.29) is 23.4 Å². The highest BCUT2D eigenvalue weighted by Crippen LogP contribution is 2.30. The normalized spacial score (nSPS) is 12.8. The molecule has 1 atom stereocenters. The zero-order chi connectivity index (χ0) is 22.9. The second-order valence-corrected chi connectivity index (χ2v) is 7.57. The third-order valence-electron chi connectivity index (χ3n) is 5.33. The van der Waals surface area contributed by atoms with Crippen molar-refractivity contribution in [2.45, 2.75) is 38.9 Å². The van der Waals surface area contributed by atoms with Gasteiger partial charge in [-0.1, -0.05) is 41.6 Å². The molecule has 0 saturated heterocycles. The maximum absolute atomic E-state index is 13.0. The molecule has 0 spiro atoms. The summed E-state index contributed by atoms with van der Waals surface area (Å²) >= 11 is 0. The van der Waals surface area contributed by atoms with Gasteiger partial charge >= 0.3 is 6.18 Å². The largest absolute Gasteiger partial charge is 0.449 e. The van der Waals surface area contributed by atoms with Crippen LogP contribution in [0.3, 0.4) is 0 Å². The van der Waals surface area contributed by atoms with Gasteiger partial charge in [-0.2, -0.15) is 13.2 Å². The average molecular weight is 442 g/mol. The van der Waals surface area contributed by atoms with Gasteiger partial charge in [0.25, 0.3) is 0 Å². The smallest absolute Gasteiger partial charge is 0.361 e. The van der Waals surface area contributed by atoms with Crippen LogP contribution in [-0.2, 0) is 17.4 Å². The van der Waals surface area contributed by atoms with Crippen molar-refractivity contribution in [3.8, 4) is 0 Å². The summed E-state index contributed by atoms with van der Waals surface area (Å²) in [5.41, 5.74) is 3.56. The second kappa shape index (κ2) is 8.49. The number of aromatic amines is 1. The molecular weight excluding hydrogens is 421 g/mol. The van der Waals surface area contributed by atoms with E-state index in [2.05, 4.69) is 20.4 Å². The summed E-state index contributed by atoms with van der Waals surface area (Å²) < 4.78 is 44.2. The van der Waals surface area contributed by atoms with Crippen LogP contribution in [-0.4, -0.2) is 21.0 Å². The van der Waals surface area contributed by atoms with E-state index in [0.717, 1.165) is 16.8 Å². The number of aromatic nitrogens is 3. The van der Waals surface area contributed by atoms with Gasteiger partial charge in [0.1, 0.15) is 5.76 Å². The average Bonchev–Trinajstić information content (AvgIpc) is 3.34. The van der Waals surface area contributed by atoms with Gasteiger partial charge in [0.2, 0.25) is 11.7 Å². The van der Waals surface area contributed by atoms with Gasteiger partial charge in [-0.3, -0.25) is 4.79 Å². The van der Waals surface area contributed by atoms with E-state index in [4.69, 9.17) is 4.52 Å². The van der Waals surface area contributed by atoms with Crippen molar-refractivity contribution in [2.75, 3.05) is 0 Å². The third-order valence-corrected chi connectivity index (χ3v) is 5.33. The molecule has 0 aliphatic carbocycles. The number of aryl methyl sites for hydroxylation is 2. The number of halogens is 3. The minimum atomic E-state index is -4.57. The van der Waals surface area contributed by atoms with Gasteiger partial charge in [0.05, 0.1) is 22.8 Å². The van der Waals surface area contributed by atoms with E-state index in [1.54, 1.807) is 19.1 Å². The molecule has 166 valence electrons. The maximum Gasteiger partial charge on any atom is 0.449 e. The number of carbonyl (C=O) groups is 1. The number of alkyl halides is 3. The molecule has 2 aromatic heterocycles. The van der Waals surface area contributed by atoms with Crippen molar-refractivity contribution < 1.29 is 22.5 Å². The van der Waals surface area contributed by atoms with Crippen LogP contribution in [0.2, 0.25) is 0 Å². The molecule has 4 rings (SSSR count). The Hall–Kier alpha value is -3.62. The highest BCUT2D eigenvalue weighted by molar-refractivity contribution is 5.79. The van der Waals surface area contributed by atoms with Crippen LogP contribution in [0.1, 0.15) is 46.4 Å². The van der Waals surface area contributed by atoms with Crippen LogP contribution in [0.25, 0.3) is 11.0 Å². The summed E-state index contributed by atoms with van der Waals surface area (Å²) in [7, 11) is 0. The number of amides is 1. The minimum Gasteiger partial charge on any atom is -0.361 e. The maximum atomic E-state index is 13.0. The standard InChI is InChI=1S/C23H21F3N4O2/c1-13-17(14(2)32-30-13)9-11-20(31)29-21(15-6-4-3-5-7-15)16-8-10-18-19(12-16)28-22(27-18)23(24,25)26/h3-8,10,12,21H,9,11H2,1-2H3,(H,27,28)(H,29,31)/t21-/m1/s1. The number of benzene rings is 2. The lowest BCUT2D eigenvalue weighted by atomic mass is 9.97. The first kappa shape index (κ1) is 21.6. The number of nitrogens with zero attached hydrogens (tertiary/aromatic N) is 2. The molecule has 4 aromatic rings. The van der Waals surface area contributed by atoms with Gasteiger partial charge in [-0.25, -0.2) is 4.98 Å². The Morgan fingerprint density at radius 3 is 2.53 bits per heavy atom. The summed E-state index contributed by atoms with van der Waals surface area (Å²) in [6.45, 7) is 3.63. The van der Waals surface area contributed by atoms with Crippen molar-refractivity contribution in [1.29, 1.82) is 0 Å². The molecule has 2 aromatic carbocycles. The Kier molecular flexibility index (Phi) is 5.73. The predicted octanol–water partition coefficient (Wildman–Crippen LogP) is 5.02. The third kappa shape index (κ3) is 4.51. The molecule has 32 heavy (non-hydrogen) atoms. The molecule has 6 nitrogen and oxygen atoms in total. The summed E-state index contributed by atoms with van der Waals surface area (Å²) in [6.07, 6.45) is -3.87. The van der Waals surface area contributed by atoms with Gasteiger partial charge in [0.15, 0.2) is 0 Å². The number of H-pyrrole nitrogens is 1. The zero-order valence-corrected chi connectivity index (χ0v) is 17.5. The Morgan fingerprint density at radius 1 is 1.12 bits per heavy atom. The lowest BCUT2D eigenvalue weighted by molar-refractivity contribution is -0.144.